The molecule has 1 atom stereocenters. The molecule has 8 nitrogen and oxygen atoms in total. The summed E-state index contributed by atoms with van der Waals surface area (Å²) in [7, 11) is -2.13. The van der Waals surface area contributed by atoms with Crippen molar-refractivity contribution in [2.75, 3.05) is 26.8 Å². The maximum Gasteiger partial charge on any atom is 0.387 e. The zero-order valence-corrected chi connectivity index (χ0v) is 19.8. The number of carbonyl (C=O) groups is 1. The number of ether oxygens (including phenoxy) is 3. The first kappa shape index (κ1) is 25.9. The summed E-state index contributed by atoms with van der Waals surface area (Å²) in [5.41, 5.74) is 0.960. The Hall–Kier alpha value is -2.76. The Labute approximate surface area is 197 Å². The number of halogens is 2. The number of rotatable bonds is 11. The Morgan fingerprint density at radius 1 is 1.21 bits per heavy atom. The van der Waals surface area contributed by atoms with Crippen molar-refractivity contribution in [3.8, 4) is 11.5 Å². The number of hydrogen-bond donors (Lipinski definition) is 1. The van der Waals surface area contributed by atoms with Crippen molar-refractivity contribution in [1.29, 1.82) is 0 Å². The maximum atomic E-state index is 12.8. The van der Waals surface area contributed by atoms with Crippen LogP contribution in [0.3, 0.4) is 0 Å². The summed E-state index contributed by atoms with van der Waals surface area (Å²) in [5.74, 6) is -0.257. The molecule has 0 bridgehead atoms. The smallest absolute Gasteiger partial charge is 0.387 e. The summed E-state index contributed by atoms with van der Waals surface area (Å²) in [5, 5.41) is 0. The number of benzene rings is 2. The molecule has 0 aliphatic carbocycles. The number of alkyl halides is 2. The standard InChI is InChI=1S/C23H28F2N2O6S/c1-3-31-21-13-16(6-11-20(21)33-23(24)25)15-27(2)22(28)17-7-9-19(10-8-17)34(29,30)26-14-18-5-4-12-32-18/h6-11,13,18,23,26H,3-5,12,14-15H2,1-2H3. The van der Waals surface area contributed by atoms with Gasteiger partial charge in [-0.3, -0.25) is 4.79 Å². The first-order valence-electron chi connectivity index (χ1n) is 10.9. The predicted octanol–water partition coefficient (Wildman–Crippen LogP) is 3.42. The summed E-state index contributed by atoms with van der Waals surface area (Å²) in [6.45, 7) is 0.0175. The van der Waals surface area contributed by atoms with Crippen LogP contribution in [0, 0.1) is 0 Å². The van der Waals surface area contributed by atoms with Gasteiger partial charge < -0.3 is 19.1 Å². The minimum atomic E-state index is -3.72. The third kappa shape index (κ3) is 6.87. The van der Waals surface area contributed by atoms with Gasteiger partial charge in [0.15, 0.2) is 11.5 Å². The van der Waals surface area contributed by atoms with E-state index >= 15 is 0 Å². The van der Waals surface area contributed by atoms with Crippen molar-refractivity contribution in [2.45, 2.75) is 43.9 Å². The van der Waals surface area contributed by atoms with Crippen LogP contribution in [0.5, 0.6) is 11.5 Å². The Balaban J connectivity index is 1.64. The third-order valence-corrected chi connectivity index (χ3v) is 6.67. The molecule has 1 aliphatic rings. The van der Waals surface area contributed by atoms with Crippen LogP contribution >= 0.6 is 0 Å². The van der Waals surface area contributed by atoms with Crippen LogP contribution in [-0.4, -0.2) is 58.7 Å². The number of sulfonamides is 1. The van der Waals surface area contributed by atoms with Crippen molar-refractivity contribution in [2.24, 2.45) is 0 Å². The van der Waals surface area contributed by atoms with Gasteiger partial charge in [0.05, 0.1) is 17.6 Å². The van der Waals surface area contributed by atoms with Crippen molar-refractivity contribution in [1.82, 2.24) is 9.62 Å². The Kier molecular flexibility index (Phi) is 8.81. The summed E-state index contributed by atoms with van der Waals surface area (Å²) in [4.78, 5) is 14.3. The average Bonchev–Trinajstić information content (AvgIpc) is 3.33. The highest BCUT2D eigenvalue weighted by Crippen LogP contribution is 2.30. The van der Waals surface area contributed by atoms with E-state index in [1.165, 1.54) is 35.2 Å². The van der Waals surface area contributed by atoms with Gasteiger partial charge in [-0.15, -0.1) is 0 Å². The van der Waals surface area contributed by atoms with E-state index in [0.717, 1.165) is 12.8 Å². The maximum absolute atomic E-state index is 12.8. The van der Waals surface area contributed by atoms with Crippen LogP contribution < -0.4 is 14.2 Å². The van der Waals surface area contributed by atoms with Crippen LogP contribution in [0.4, 0.5) is 8.78 Å². The Morgan fingerprint density at radius 3 is 2.56 bits per heavy atom. The summed E-state index contributed by atoms with van der Waals surface area (Å²) < 4.78 is 67.9. The van der Waals surface area contributed by atoms with E-state index in [-0.39, 0.29) is 48.1 Å². The van der Waals surface area contributed by atoms with Gasteiger partial charge >= 0.3 is 6.61 Å². The molecule has 34 heavy (non-hydrogen) atoms. The van der Waals surface area contributed by atoms with E-state index in [9.17, 15) is 22.0 Å². The number of hydrogen-bond acceptors (Lipinski definition) is 6. The highest BCUT2D eigenvalue weighted by atomic mass is 32.2. The van der Waals surface area contributed by atoms with E-state index in [1.54, 1.807) is 26.1 Å². The van der Waals surface area contributed by atoms with E-state index in [2.05, 4.69) is 9.46 Å². The minimum absolute atomic E-state index is 0.0562. The second kappa shape index (κ2) is 11.6. The molecule has 2 aromatic carbocycles. The van der Waals surface area contributed by atoms with Gasteiger partial charge in [0.2, 0.25) is 10.0 Å². The average molecular weight is 499 g/mol. The van der Waals surface area contributed by atoms with Crippen LogP contribution in [-0.2, 0) is 21.3 Å². The zero-order valence-electron chi connectivity index (χ0n) is 19.0. The monoisotopic (exact) mass is 498 g/mol. The molecule has 186 valence electrons. The molecule has 11 heteroatoms. The lowest BCUT2D eigenvalue weighted by Gasteiger charge is -2.19. The molecular formula is C23H28F2N2O6S. The SMILES string of the molecule is CCOc1cc(CN(C)C(=O)c2ccc(S(=O)(=O)NCC3CCCO3)cc2)ccc1OC(F)F. The lowest BCUT2D eigenvalue weighted by atomic mass is 10.1. The second-order valence-corrected chi connectivity index (χ2v) is 9.53. The predicted molar refractivity (Wildman–Crippen MR) is 121 cm³/mol. The molecule has 1 unspecified atom stereocenters. The van der Waals surface area contributed by atoms with Crippen molar-refractivity contribution in [3.05, 3.63) is 53.6 Å². The van der Waals surface area contributed by atoms with Crippen molar-refractivity contribution in [3.63, 3.8) is 0 Å². The molecule has 1 saturated heterocycles. The normalized spacial score (nSPS) is 16.0. The molecule has 3 rings (SSSR count). The van der Waals surface area contributed by atoms with Gasteiger partial charge in [-0.1, -0.05) is 6.07 Å². The van der Waals surface area contributed by atoms with Gasteiger partial charge in [-0.2, -0.15) is 8.78 Å². The number of nitrogens with one attached hydrogen (secondary N) is 1. The minimum Gasteiger partial charge on any atom is -0.490 e. The summed E-state index contributed by atoms with van der Waals surface area (Å²) in [6.07, 6.45) is 1.61. The molecule has 0 radical (unpaired) electrons. The fraction of sp³-hybridized carbons (Fsp3) is 0.435. The number of amides is 1. The molecule has 1 fully saturated rings. The lowest BCUT2D eigenvalue weighted by molar-refractivity contribution is -0.0514. The van der Waals surface area contributed by atoms with Gasteiger partial charge in [-0.05, 0) is 61.7 Å². The zero-order chi connectivity index (χ0) is 24.7. The van der Waals surface area contributed by atoms with E-state index in [1.807, 2.05) is 0 Å². The van der Waals surface area contributed by atoms with Crippen molar-refractivity contribution >= 4 is 15.9 Å². The molecule has 0 saturated carbocycles. The highest BCUT2D eigenvalue weighted by Gasteiger charge is 2.21. The molecule has 1 aliphatic heterocycles. The van der Waals surface area contributed by atoms with E-state index in [4.69, 9.17) is 9.47 Å². The first-order chi connectivity index (χ1) is 16.2. The Morgan fingerprint density at radius 2 is 1.94 bits per heavy atom. The molecule has 1 heterocycles. The Bertz CT molecular complexity index is 1070. The van der Waals surface area contributed by atoms with Gasteiger partial charge in [-0.25, -0.2) is 13.1 Å². The van der Waals surface area contributed by atoms with Crippen molar-refractivity contribution < 1.29 is 36.2 Å². The topological polar surface area (TPSA) is 94.2 Å². The number of carbonyl (C=O) groups excluding carboxylic acids is 1. The van der Waals surface area contributed by atoms with Gasteiger partial charge in [0, 0.05) is 32.3 Å². The largest absolute Gasteiger partial charge is 0.490 e. The van der Waals surface area contributed by atoms with Crippen LogP contribution in [0.25, 0.3) is 0 Å². The molecule has 2 aromatic rings. The summed E-state index contributed by atoms with van der Waals surface area (Å²) in [6, 6.07) is 10.1. The van der Waals surface area contributed by atoms with Gasteiger partial charge in [0.1, 0.15) is 0 Å². The molecule has 1 amide bonds. The second-order valence-electron chi connectivity index (χ2n) is 7.77. The summed E-state index contributed by atoms with van der Waals surface area (Å²) >= 11 is 0. The first-order valence-corrected chi connectivity index (χ1v) is 12.3. The number of nitrogens with zero attached hydrogens (tertiary/aromatic N) is 1. The quantitative estimate of drug-likeness (QED) is 0.510. The third-order valence-electron chi connectivity index (χ3n) is 5.23. The van der Waals surface area contributed by atoms with Crippen LogP contribution in [0.15, 0.2) is 47.4 Å². The van der Waals surface area contributed by atoms with Crippen LogP contribution in [0.1, 0.15) is 35.7 Å². The highest BCUT2D eigenvalue weighted by molar-refractivity contribution is 7.89. The van der Waals surface area contributed by atoms with Crippen LogP contribution in [0.2, 0.25) is 0 Å². The molecule has 0 aromatic heterocycles. The fourth-order valence-electron chi connectivity index (χ4n) is 3.55. The molecule has 0 spiro atoms. The molecule has 1 N–H and O–H groups in total. The van der Waals surface area contributed by atoms with E-state index < -0.39 is 16.6 Å². The van der Waals surface area contributed by atoms with E-state index in [0.29, 0.717) is 17.7 Å². The lowest BCUT2D eigenvalue weighted by Crippen LogP contribution is -2.32. The van der Waals surface area contributed by atoms with Gasteiger partial charge in [0.25, 0.3) is 5.91 Å². The fourth-order valence-corrected chi connectivity index (χ4v) is 4.61. The molecular weight excluding hydrogens is 470 g/mol.